The summed E-state index contributed by atoms with van der Waals surface area (Å²) in [7, 11) is 1.58. The SMILES string of the molecule is CCCN1C(=O)c2c(C(=O)NCc3ccccc3OC)ncn2CC1(C)C(=O)NC1CCCC1. The molecule has 1 atom stereocenters. The standard InChI is InChI=1S/C25H33N5O4/c1-4-13-30-23(32)21-20(22(31)26-14-17-9-5-8-12-19(17)34-3)27-16-29(21)15-25(30,2)24(33)28-18-10-6-7-11-18/h5,8-9,12,16,18H,4,6-7,10-11,13-15H2,1-3H3,(H,26,31)(H,28,33). The van der Waals surface area contributed by atoms with Gasteiger partial charge in [-0.05, 0) is 32.3 Å². The number of carbonyl (C=O) groups excluding carboxylic acids is 3. The summed E-state index contributed by atoms with van der Waals surface area (Å²) in [6.07, 6.45) is 6.33. The molecule has 1 aromatic carbocycles. The molecule has 0 saturated heterocycles. The average molecular weight is 468 g/mol. The first kappa shape index (κ1) is 23.8. The Morgan fingerprint density at radius 3 is 2.68 bits per heavy atom. The minimum absolute atomic E-state index is 0.0688. The van der Waals surface area contributed by atoms with Crippen LogP contribution in [0.3, 0.4) is 0 Å². The van der Waals surface area contributed by atoms with Gasteiger partial charge in [-0.15, -0.1) is 0 Å². The van der Waals surface area contributed by atoms with Crippen LogP contribution in [0.1, 0.15) is 72.5 Å². The van der Waals surface area contributed by atoms with Gasteiger partial charge in [-0.25, -0.2) is 4.98 Å². The zero-order valence-electron chi connectivity index (χ0n) is 20.1. The van der Waals surface area contributed by atoms with E-state index in [1.54, 1.807) is 23.5 Å². The molecule has 182 valence electrons. The fourth-order valence-electron chi connectivity index (χ4n) is 4.95. The maximum absolute atomic E-state index is 13.6. The van der Waals surface area contributed by atoms with Gasteiger partial charge in [0.05, 0.1) is 20.0 Å². The molecule has 9 nitrogen and oxygen atoms in total. The van der Waals surface area contributed by atoms with Crippen LogP contribution in [0.5, 0.6) is 5.75 Å². The number of benzene rings is 1. The van der Waals surface area contributed by atoms with Crippen molar-refractivity contribution in [1.82, 2.24) is 25.1 Å². The fraction of sp³-hybridized carbons (Fsp3) is 0.520. The van der Waals surface area contributed by atoms with Crippen molar-refractivity contribution in [3.63, 3.8) is 0 Å². The Balaban J connectivity index is 1.56. The van der Waals surface area contributed by atoms with Crippen molar-refractivity contribution in [3.05, 3.63) is 47.5 Å². The molecule has 0 bridgehead atoms. The van der Waals surface area contributed by atoms with Crippen LogP contribution in [0.25, 0.3) is 0 Å². The number of fused-ring (bicyclic) bond motifs is 1. The molecule has 2 heterocycles. The number of methoxy groups -OCH3 is 1. The van der Waals surface area contributed by atoms with Crippen LogP contribution < -0.4 is 15.4 Å². The first-order valence-electron chi connectivity index (χ1n) is 12.0. The molecule has 1 aliphatic carbocycles. The smallest absolute Gasteiger partial charge is 0.273 e. The van der Waals surface area contributed by atoms with E-state index in [2.05, 4.69) is 15.6 Å². The molecule has 1 saturated carbocycles. The normalized spacial score (nSPS) is 20.2. The lowest BCUT2D eigenvalue weighted by atomic mass is 9.93. The second-order valence-corrected chi connectivity index (χ2v) is 9.25. The van der Waals surface area contributed by atoms with Crippen molar-refractivity contribution >= 4 is 17.7 Å². The van der Waals surface area contributed by atoms with Crippen molar-refractivity contribution in [2.24, 2.45) is 0 Å². The Labute approximate surface area is 199 Å². The molecular formula is C25H33N5O4. The largest absolute Gasteiger partial charge is 0.496 e. The van der Waals surface area contributed by atoms with Gasteiger partial charge in [-0.2, -0.15) is 0 Å². The molecule has 1 unspecified atom stereocenters. The van der Waals surface area contributed by atoms with E-state index >= 15 is 0 Å². The fourth-order valence-corrected chi connectivity index (χ4v) is 4.95. The van der Waals surface area contributed by atoms with E-state index in [0.29, 0.717) is 18.7 Å². The lowest BCUT2D eigenvalue weighted by Crippen LogP contribution is -2.65. The van der Waals surface area contributed by atoms with E-state index in [4.69, 9.17) is 4.74 Å². The van der Waals surface area contributed by atoms with Gasteiger partial charge in [0.15, 0.2) is 5.69 Å². The first-order valence-corrected chi connectivity index (χ1v) is 12.0. The zero-order valence-corrected chi connectivity index (χ0v) is 20.1. The quantitative estimate of drug-likeness (QED) is 0.621. The van der Waals surface area contributed by atoms with E-state index in [1.807, 2.05) is 31.2 Å². The summed E-state index contributed by atoms with van der Waals surface area (Å²) in [4.78, 5) is 45.8. The Morgan fingerprint density at radius 2 is 1.97 bits per heavy atom. The molecule has 1 aromatic heterocycles. The molecule has 9 heteroatoms. The number of hydrogen-bond donors (Lipinski definition) is 2. The van der Waals surface area contributed by atoms with Crippen LogP contribution >= 0.6 is 0 Å². The highest BCUT2D eigenvalue weighted by atomic mass is 16.5. The van der Waals surface area contributed by atoms with Crippen molar-refractivity contribution in [2.45, 2.75) is 70.6 Å². The van der Waals surface area contributed by atoms with E-state index in [-0.39, 0.29) is 42.3 Å². The minimum atomic E-state index is -1.05. The second kappa shape index (κ2) is 9.87. The minimum Gasteiger partial charge on any atom is -0.496 e. The van der Waals surface area contributed by atoms with Gasteiger partial charge >= 0.3 is 0 Å². The second-order valence-electron chi connectivity index (χ2n) is 9.25. The van der Waals surface area contributed by atoms with E-state index < -0.39 is 11.4 Å². The molecule has 4 rings (SSSR count). The maximum atomic E-state index is 13.6. The van der Waals surface area contributed by atoms with Crippen LogP contribution in [0, 0.1) is 0 Å². The highest BCUT2D eigenvalue weighted by Gasteiger charge is 2.48. The van der Waals surface area contributed by atoms with Crippen molar-refractivity contribution in [3.8, 4) is 5.75 Å². The molecule has 34 heavy (non-hydrogen) atoms. The third kappa shape index (κ3) is 4.38. The molecule has 3 amide bonds. The molecule has 2 N–H and O–H groups in total. The van der Waals surface area contributed by atoms with E-state index in [0.717, 1.165) is 31.2 Å². The Hall–Kier alpha value is -3.36. The highest BCUT2D eigenvalue weighted by Crippen LogP contribution is 2.30. The summed E-state index contributed by atoms with van der Waals surface area (Å²) in [6.45, 7) is 4.67. The van der Waals surface area contributed by atoms with Gasteiger partial charge < -0.3 is 24.8 Å². The Morgan fingerprint density at radius 1 is 1.24 bits per heavy atom. The Bertz CT molecular complexity index is 1080. The number of para-hydroxylation sites is 1. The van der Waals surface area contributed by atoms with Crippen molar-refractivity contribution in [2.75, 3.05) is 13.7 Å². The summed E-state index contributed by atoms with van der Waals surface area (Å²) >= 11 is 0. The van der Waals surface area contributed by atoms with Gasteiger partial charge in [0.2, 0.25) is 5.91 Å². The van der Waals surface area contributed by atoms with Crippen molar-refractivity contribution < 1.29 is 19.1 Å². The Kier molecular flexibility index (Phi) is 6.90. The predicted octanol–water partition coefficient (Wildman–Crippen LogP) is 2.51. The number of nitrogens with zero attached hydrogens (tertiary/aromatic N) is 3. The number of ether oxygens (including phenoxy) is 1. The molecule has 0 spiro atoms. The molecule has 2 aliphatic rings. The molecule has 1 aliphatic heterocycles. The van der Waals surface area contributed by atoms with E-state index in [1.165, 1.54) is 6.33 Å². The molecular weight excluding hydrogens is 434 g/mol. The first-order chi connectivity index (χ1) is 16.4. The van der Waals surface area contributed by atoms with Crippen LogP contribution in [0.4, 0.5) is 0 Å². The van der Waals surface area contributed by atoms with Gasteiger partial charge in [0.25, 0.3) is 11.8 Å². The number of nitrogens with one attached hydrogen (secondary N) is 2. The maximum Gasteiger partial charge on any atom is 0.273 e. The average Bonchev–Trinajstić information content (AvgIpc) is 3.50. The molecule has 1 fully saturated rings. The number of carbonyl (C=O) groups is 3. The third-order valence-electron chi connectivity index (χ3n) is 6.83. The van der Waals surface area contributed by atoms with Crippen molar-refractivity contribution in [1.29, 1.82) is 0 Å². The lowest BCUT2D eigenvalue weighted by molar-refractivity contribution is -0.133. The molecule has 0 radical (unpaired) electrons. The van der Waals surface area contributed by atoms with Gasteiger partial charge in [-0.3, -0.25) is 14.4 Å². The lowest BCUT2D eigenvalue weighted by Gasteiger charge is -2.44. The van der Waals surface area contributed by atoms with Crippen LogP contribution in [0.15, 0.2) is 30.6 Å². The number of hydrogen-bond acceptors (Lipinski definition) is 5. The van der Waals surface area contributed by atoms with E-state index in [9.17, 15) is 14.4 Å². The number of amides is 3. The molecule has 2 aromatic rings. The van der Waals surface area contributed by atoms with Gasteiger partial charge in [-0.1, -0.05) is 38.0 Å². The predicted molar refractivity (Wildman–Crippen MR) is 127 cm³/mol. The van der Waals surface area contributed by atoms with Crippen LogP contribution in [-0.2, 0) is 17.9 Å². The summed E-state index contributed by atoms with van der Waals surface area (Å²) < 4.78 is 6.98. The van der Waals surface area contributed by atoms with Crippen LogP contribution in [0.2, 0.25) is 0 Å². The number of imidazole rings is 1. The third-order valence-corrected chi connectivity index (χ3v) is 6.83. The monoisotopic (exact) mass is 467 g/mol. The van der Waals surface area contributed by atoms with Gasteiger partial charge in [0.1, 0.15) is 17.0 Å². The number of aromatic nitrogens is 2. The topological polar surface area (TPSA) is 106 Å². The number of rotatable bonds is 8. The summed E-state index contributed by atoms with van der Waals surface area (Å²) in [5, 5.41) is 5.99. The zero-order chi connectivity index (χ0) is 24.3. The van der Waals surface area contributed by atoms with Gasteiger partial charge in [0, 0.05) is 24.7 Å². The van der Waals surface area contributed by atoms with Crippen LogP contribution in [-0.4, -0.2) is 57.4 Å². The summed E-state index contributed by atoms with van der Waals surface area (Å²) in [6, 6.07) is 7.57. The summed E-state index contributed by atoms with van der Waals surface area (Å²) in [5.41, 5.74) is 0.0621. The summed E-state index contributed by atoms with van der Waals surface area (Å²) in [5.74, 6) is -0.271. The highest BCUT2D eigenvalue weighted by molar-refractivity contribution is 6.07.